The molecule has 2 amide bonds. The summed E-state index contributed by atoms with van der Waals surface area (Å²) in [5.74, 6) is -0.220. The molecular weight excluding hydrogens is 240 g/mol. The van der Waals surface area contributed by atoms with Crippen molar-refractivity contribution in [1.82, 2.24) is 0 Å². The average molecular weight is 262 g/mol. The monoisotopic (exact) mass is 262 g/mol. The summed E-state index contributed by atoms with van der Waals surface area (Å²) >= 11 is 0. The molecule has 1 aromatic carbocycles. The molecule has 19 heavy (non-hydrogen) atoms. The Balaban J connectivity index is 2.88. The van der Waals surface area contributed by atoms with E-state index in [1.165, 1.54) is 0 Å². The first-order valence-corrected chi connectivity index (χ1v) is 6.53. The second-order valence-corrected chi connectivity index (χ2v) is 5.38. The average Bonchev–Trinajstić information content (AvgIpc) is 2.27. The van der Waals surface area contributed by atoms with Gasteiger partial charge in [-0.15, -0.1) is 0 Å². The van der Waals surface area contributed by atoms with E-state index >= 15 is 0 Å². The zero-order valence-corrected chi connectivity index (χ0v) is 12.2. The highest BCUT2D eigenvalue weighted by molar-refractivity contribution is 5.95. The topological polar surface area (TPSA) is 58.2 Å². The van der Waals surface area contributed by atoms with Gasteiger partial charge in [0.05, 0.1) is 0 Å². The molecule has 0 fully saturated rings. The van der Waals surface area contributed by atoms with Gasteiger partial charge in [-0.1, -0.05) is 27.7 Å². The lowest BCUT2D eigenvalue weighted by Crippen LogP contribution is -2.19. The predicted molar refractivity (Wildman–Crippen MR) is 78.1 cm³/mol. The summed E-state index contributed by atoms with van der Waals surface area (Å²) in [6.45, 7) is 9.29. The SMILES string of the molecule is Cc1cc(NC(=O)C(C)C)cc(NC(=O)C(C)C)c1. The lowest BCUT2D eigenvalue weighted by Gasteiger charge is -2.12. The quantitative estimate of drug-likeness (QED) is 0.875. The van der Waals surface area contributed by atoms with E-state index in [0.29, 0.717) is 11.4 Å². The van der Waals surface area contributed by atoms with Gasteiger partial charge in [-0.2, -0.15) is 0 Å². The molecule has 1 rings (SSSR count). The fraction of sp³-hybridized carbons (Fsp3) is 0.467. The first-order chi connectivity index (χ1) is 8.79. The van der Waals surface area contributed by atoms with Crippen molar-refractivity contribution in [2.45, 2.75) is 34.6 Å². The third kappa shape index (κ3) is 4.73. The van der Waals surface area contributed by atoms with E-state index in [4.69, 9.17) is 0 Å². The van der Waals surface area contributed by atoms with Gasteiger partial charge < -0.3 is 10.6 Å². The Morgan fingerprint density at radius 3 is 1.53 bits per heavy atom. The lowest BCUT2D eigenvalue weighted by atomic mass is 10.1. The molecule has 0 aromatic heterocycles. The molecule has 0 heterocycles. The van der Waals surface area contributed by atoms with Crippen LogP contribution >= 0.6 is 0 Å². The normalized spacial score (nSPS) is 10.7. The maximum atomic E-state index is 11.7. The van der Waals surface area contributed by atoms with Crippen molar-refractivity contribution in [2.75, 3.05) is 10.6 Å². The van der Waals surface area contributed by atoms with Crippen molar-refractivity contribution in [1.29, 1.82) is 0 Å². The van der Waals surface area contributed by atoms with E-state index in [1.807, 2.05) is 46.8 Å². The van der Waals surface area contributed by atoms with E-state index in [9.17, 15) is 9.59 Å². The molecule has 2 N–H and O–H groups in total. The van der Waals surface area contributed by atoms with Gasteiger partial charge >= 0.3 is 0 Å². The fourth-order valence-electron chi connectivity index (χ4n) is 1.50. The highest BCUT2D eigenvalue weighted by Gasteiger charge is 2.10. The van der Waals surface area contributed by atoms with Crippen LogP contribution in [0.5, 0.6) is 0 Å². The molecule has 0 saturated heterocycles. The zero-order chi connectivity index (χ0) is 14.6. The largest absolute Gasteiger partial charge is 0.326 e. The van der Waals surface area contributed by atoms with E-state index in [1.54, 1.807) is 6.07 Å². The highest BCUT2D eigenvalue weighted by Crippen LogP contribution is 2.20. The Kier molecular flexibility index (Phi) is 5.10. The third-order valence-corrected chi connectivity index (χ3v) is 2.66. The van der Waals surface area contributed by atoms with Gasteiger partial charge in [-0.25, -0.2) is 0 Å². The number of hydrogen-bond acceptors (Lipinski definition) is 2. The second-order valence-electron chi connectivity index (χ2n) is 5.38. The van der Waals surface area contributed by atoms with Gasteiger partial charge in [0, 0.05) is 23.2 Å². The molecule has 0 aliphatic carbocycles. The summed E-state index contributed by atoms with van der Waals surface area (Å²) in [7, 11) is 0. The number of anilines is 2. The van der Waals surface area contributed by atoms with Crippen LogP contribution in [0.3, 0.4) is 0 Å². The summed E-state index contributed by atoms with van der Waals surface area (Å²) in [6.07, 6.45) is 0. The summed E-state index contributed by atoms with van der Waals surface area (Å²) in [5.41, 5.74) is 2.40. The predicted octanol–water partition coefficient (Wildman–Crippen LogP) is 3.18. The van der Waals surface area contributed by atoms with Gasteiger partial charge in [0.2, 0.25) is 11.8 Å². The smallest absolute Gasteiger partial charge is 0.226 e. The minimum atomic E-state index is -0.0748. The highest BCUT2D eigenvalue weighted by atomic mass is 16.2. The number of amides is 2. The first-order valence-electron chi connectivity index (χ1n) is 6.53. The fourth-order valence-corrected chi connectivity index (χ4v) is 1.50. The number of benzene rings is 1. The summed E-state index contributed by atoms with van der Waals surface area (Å²) < 4.78 is 0. The number of nitrogens with one attached hydrogen (secondary N) is 2. The standard InChI is InChI=1S/C15H22N2O2/c1-9(2)14(18)16-12-6-11(5)7-13(8-12)17-15(19)10(3)4/h6-10H,1-5H3,(H,16,18)(H,17,19). The van der Waals surface area contributed by atoms with Gasteiger partial charge in [0.25, 0.3) is 0 Å². The minimum absolute atomic E-state index is 0.0354. The lowest BCUT2D eigenvalue weighted by molar-refractivity contribution is -0.119. The molecule has 0 saturated carbocycles. The van der Waals surface area contributed by atoms with Crippen molar-refractivity contribution in [3.05, 3.63) is 23.8 Å². The summed E-state index contributed by atoms with van der Waals surface area (Å²) in [6, 6.07) is 5.53. The number of carbonyl (C=O) groups is 2. The van der Waals surface area contributed by atoms with Gasteiger partial charge in [0.1, 0.15) is 0 Å². The van der Waals surface area contributed by atoms with E-state index in [0.717, 1.165) is 5.56 Å². The Morgan fingerprint density at radius 2 is 1.21 bits per heavy atom. The van der Waals surface area contributed by atoms with Crippen LogP contribution in [-0.2, 0) is 9.59 Å². The Hall–Kier alpha value is -1.84. The van der Waals surface area contributed by atoms with Crippen LogP contribution in [-0.4, -0.2) is 11.8 Å². The summed E-state index contributed by atoms with van der Waals surface area (Å²) in [4.78, 5) is 23.3. The number of hydrogen-bond donors (Lipinski definition) is 2. The molecule has 0 atom stereocenters. The van der Waals surface area contributed by atoms with E-state index in [-0.39, 0.29) is 23.7 Å². The molecule has 0 radical (unpaired) electrons. The second kappa shape index (κ2) is 6.36. The molecule has 4 nitrogen and oxygen atoms in total. The Morgan fingerprint density at radius 1 is 0.842 bits per heavy atom. The molecular formula is C15H22N2O2. The van der Waals surface area contributed by atoms with Crippen molar-refractivity contribution in [3.8, 4) is 0 Å². The van der Waals surface area contributed by atoms with Gasteiger partial charge in [0.15, 0.2) is 0 Å². The van der Waals surface area contributed by atoms with Crippen LogP contribution in [0.1, 0.15) is 33.3 Å². The van der Waals surface area contributed by atoms with Crippen molar-refractivity contribution in [2.24, 2.45) is 11.8 Å². The first kappa shape index (κ1) is 15.2. The molecule has 4 heteroatoms. The van der Waals surface area contributed by atoms with Gasteiger partial charge in [-0.3, -0.25) is 9.59 Å². The molecule has 0 aliphatic heterocycles. The van der Waals surface area contributed by atoms with E-state index in [2.05, 4.69) is 10.6 Å². The van der Waals surface area contributed by atoms with Crippen molar-refractivity contribution >= 4 is 23.2 Å². The molecule has 0 spiro atoms. The van der Waals surface area contributed by atoms with Crippen molar-refractivity contribution < 1.29 is 9.59 Å². The summed E-state index contributed by atoms with van der Waals surface area (Å²) in [5, 5.41) is 5.67. The molecule has 0 bridgehead atoms. The maximum Gasteiger partial charge on any atom is 0.226 e. The van der Waals surface area contributed by atoms with Crippen LogP contribution in [0.25, 0.3) is 0 Å². The number of carbonyl (C=O) groups excluding carboxylic acids is 2. The molecule has 1 aromatic rings. The van der Waals surface area contributed by atoms with Gasteiger partial charge in [-0.05, 0) is 30.7 Å². The molecule has 0 unspecified atom stereocenters. The molecule has 0 aliphatic rings. The minimum Gasteiger partial charge on any atom is -0.326 e. The number of aryl methyl sites for hydroxylation is 1. The maximum absolute atomic E-state index is 11.7. The number of rotatable bonds is 4. The Labute approximate surface area is 114 Å². The third-order valence-electron chi connectivity index (χ3n) is 2.66. The Bertz CT molecular complexity index is 439. The zero-order valence-electron chi connectivity index (χ0n) is 12.2. The van der Waals surface area contributed by atoms with Crippen molar-refractivity contribution in [3.63, 3.8) is 0 Å². The molecule has 104 valence electrons. The van der Waals surface area contributed by atoms with Crippen LogP contribution in [0.15, 0.2) is 18.2 Å². The van der Waals surface area contributed by atoms with Crippen LogP contribution in [0, 0.1) is 18.8 Å². The van der Waals surface area contributed by atoms with Crippen LogP contribution < -0.4 is 10.6 Å². The van der Waals surface area contributed by atoms with Crippen LogP contribution in [0.4, 0.5) is 11.4 Å². The van der Waals surface area contributed by atoms with E-state index < -0.39 is 0 Å². The van der Waals surface area contributed by atoms with Crippen LogP contribution in [0.2, 0.25) is 0 Å².